The first-order chi connectivity index (χ1) is 10.2. The lowest BCUT2D eigenvalue weighted by molar-refractivity contribution is 0.564. The maximum absolute atomic E-state index is 11.2. The summed E-state index contributed by atoms with van der Waals surface area (Å²) < 4.78 is 20.3. The van der Waals surface area contributed by atoms with Crippen molar-refractivity contribution < 1.29 is 8.76 Å². The third kappa shape index (κ3) is 1.94. The molecule has 0 fully saturated rings. The lowest BCUT2D eigenvalue weighted by Crippen LogP contribution is -1.88. The first kappa shape index (κ1) is 12.2. The Hall–Kier alpha value is -2.51. The standard InChI is InChI=1S/C14H10N4O2S/c19-21(20)10-3-1-2-8(4-10)12-5-11-13-9(7-16-18-13)6-15-14(11)17-12/h1-7,16,18H,(H,19,20). The van der Waals surface area contributed by atoms with Gasteiger partial charge in [0.25, 0.3) is 0 Å². The monoisotopic (exact) mass is 298 g/mol. The molecule has 104 valence electrons. The zero-order valence-corrected chi connectivity index (χ0v) is 11.5. The average Bonchev–Trinajstić information content (AvgIpc) is 3.12. The first-order valence-corrected chi connectivity index (χ1v) is 7.35. The number of pyridine rings is 1. The molecule has 0 spiro atoms. The van der Waals surface area contributed by atoms with Gasteiger partial charge in [-0.3, -0.25) is 5.10 Å². The molecule has 0 bridgehead atoms. The van der Waals surface area contributed by atoms with Crippen LogP contribution >= 0.6 is 0 Å². The highest BCUT2D eigenvalue weighted by Gasteiger charge is 2.11. The zero-order valence-electron chi connectivity index (χ0n) is 10.7. The number of hydrogen-bond donors (Lipinski definition) is 3. The van der Waals surface area contributed by atoms with Crippen molar-refractivity contribution in [1.29, 1.82) is 0 Å². The molecule has 21 heavy (non-hydrogen) atoms. The third-order valence-corrected chi connectivity index (χ3v) is 4.05. The van der Waals surface area contributed by atoms with Crippen molar-refractivity contribution >= 4 is 33.0 Å². The number of aromatic amines is 2. The fraction of sp³-hybridized carbons (Fsp3) is 0. The van der Waals surface area contributed by atoms with Crippen LogP contribution < -0.4 is 0 Å². The van der Waals surface area contributed by atoms with Gasteiger partial charge in [0.1, 0.15) is 0 Å². The van der Waals surface area contributed by atoms with E-state index in [1.807, 2.05) is 18.3 Å². The van der Waals surface area contributed by atoms with Crippen LogP contribution in [0.3, 0.4) is 0 Å². The molecule has 0 aliphatic carbocycles. The summed E-state index contributed by atoms with van der Waals surface area (Å²) in [6.45, 7) is 0. The van der Waals surface area contributed by atoms with Gasteiger partial charge in [0, 0.05) is 28.7 Å². The van der Waals surface area contributed by atoms with E-state index in [-0.39, 0.29) is 0 Å². The van der Waals surface area contributed by atoms with Crippen molar-refractivity contribution in [3.63, 3.8) is 0 Å². The Morgan fingerprint density at radius 1 is 1.24 bits per heavy atom. The topological polar surface area (TPSA) is 94.7 Å². The molecule has 0 radical (unpaired) electrons. The molecular formula is C14H10N4O2S. The minimum absolute atomic E-state index is 0.353. The van der Waals surface area contributed by atoms with E-state index in [0.29, 0.717) is 10.5 Å². The van der Waals surface area contributed by atoms with Crippen LogP contribution in [0.5, 0.6) is 0 Å². The van der Waals surface area contributed by atoms with Gasteiger partial charge in [0.2, 0.25) is 0 Å². The Labute approximate surface area is 121 Å². The van der Waals surface area contributed by atoms with E-state index in [2.05, 4.69) is 20.2 Å². The predicted octanol–water partition coefficient (Wildman–Crippen LogP) is 2.69. The van der Waals surface area contributed by atoms with E-state index in [4.69, 9.17) is 0 Å². The molecule has 3 aromatic heterocycles. The van der Waals surface area contributed by atoms with Gasteiger partial charge in [-0.05, 0) is 18.2 Å². The Morgan fingerprint density at radius 3 is 3.00 bits per heavy atom. The molecule has 1 atom stereocenters. The van der Waals surface area contributed by atoms with Crippen molar-refractivity contribution in [2.45, 2.75) is 4.90 Å². The van der Waals surface area contributed by atoms with Crippen molar-refractivity contribution in [3.05, 3.63) is 42.7 Å². The molecule has 0 aliphatic rings. The highest BCUT2D eigenvalue weighted by atomic mass is 32.2. The number of benzene rings is 1. The molecular weight excluding hydrogens is 288 g/mol. The minimum Gasteiger partial charge on any atom is -0.307 e. The normalized spacial score (nSPS) is 13.0. The van der Waals surface area contributed by atoms with Crippen molar-refractivity contribution in [2.24, 2.45) is 0 Å². The highest BCUT2D eigenvalue weighted by Crippen LogP contribution is 2.28. The van der Waals surface area contributed by atoms with Crippen LogP contribution in [-0.2, 0) is 11.1 Å². The summed E-state index contributed by atoms with van der Waals surface area (Å²) in [5, 5.41) is 7.89. The number of nitrogens with one attached hydrogen (secondary N) is 2. The SMILES string of the molecule is O=S(O)c1cccc(-c2cc3c(ncc4c[nH][nH]c43)n2)c1. The molecule has 0 aliphatic heterocycles. The quantitative estimate of drug-likeness (QED) is 0.496. The minimum atomic E-state index is -2.00. The molecule has 4 rings (SSSR count). The van der Waals surface area contributed by atoms with Gasteiger partial charge in [-0.1, -0.05) is 12.1 Å². The zero-order chi connectivity index (χ0) is 14.4. The predicted molar refractivity (Wildman–Crippen MR) is 80.2 cm³/mol. The molecule has 0 amide bonds. The molecule has 6 nitrogen and oxygen atoms in total. The Kier molecular flexibility index (Phi) is 2.63. The maximum atomic E-state index is 11.2. The molecule has 3 heterocycles. The van der Waals surface area contributed by atoms with E-state index >= 15 is 0 Å². The summed E-state index contributed by atoms with van der Waals surface area (Å²) in [5.74, 6) is 0. The summed E-state index contributed by atoms with van der Waals surface area (Å²) >= 11 is -2.00. The maximum Gasteiger partial charge on any atom is 0.186 e. The molecule has 0 saturated carbocycles. The largest absolute Gasteiger partial charge is 0.307 e. The van der Waals surface area contributed by atoms with Crippen molar-refractivity contribution in [2.75, 3.05) is 0 Å². The van der Waals surface area contributed by atoms with Crippen molar-refractivity contribution in [1.82, 2.24) is 20.2 Å². The van der Waals surface area contributed by atoms with E-state index < -0.39 is 11.1 Å². The van der Waals surface area contributed by atoms with E-state index in [1.54, 1.807) is 24.4 Å². The number of aromatic nitrogens is 4. The number of hydrogen-bond acceptors (Lipinski definition) is 3. The summed E-state index contributed by atoms with van der Waals surface area (Å²) in [4.78, 5) is 9.16. The van der Waals surface area contributed by atoms with Crippen LogP contribution in [0.4, 0.5) is 0 Å². The van der Waals surface area contributed by atoms with Crippen LogP contribution in [-0.4, -0.2) is 28.9 Å². The fourth-order valence-electron chi connectivity index (χ4n) is 2.39. The average molecular weight is 298 g/mol. The summed E-state index contributed by atoms with van der Waals surface area (Å²) in [6, 6.07) is 8.79. The van der Waals surface area contributed by atoms with Crippen LogP contribution in [0.1, 0.15) is 0 Å². The van der Waals surface area contributed by atoms with E-state index in [0.717, 1.165) is 27.5 Å². The Balaban J connectivity index is 1.94. The number of H-pyrrole nitrogens is 2. The van der Waals surface area contributed by atoms with Crippen LogP contribution in [0.15, 0.2) is 47.6 Å². The third-order valence-electron chi connectivity index (χ3n) is 3.39. The summed E-state index contributed by atoms with van der Waals surface area (Å²) in [6.07, 6.45) is 3.59. The lowest BCUT2D eigenvalue weighted by atomic mass is 10.1. The molecule has 3 N–H and O–H groups in total. The molecule has 7 heteroatoms. The first-order valence-electron chi connectivity index (χ1n) is 6.25. The Bertz CT molecular complexity index is 989. The summed E-state index contributed by atoms with van der Waals surface area (Å²) in [5.41, 5.74) is 3.10. The van der Waals surface area contributed by atoms with Gasteiger partial charge >= 0.3 is 0 Å². The van der Waals surface area contributed by atoms with Gasteiger partial charge in [-0.25, -0.2) is 14.2 Å². The van der Waals surface area contributed by atoms with Crippen LogP contribution in [0.25, 0.3) is 33.2 Å². The van der Waals surface area contributed by atoms with Gasteiger partial charge in [-0.2, -0.15) is 0 Å². The second kappa shape index (κ2) is 4.51. The molecule has 1 unspecified atom stereocenters. The van der Waals surface area contributed by atoms with Gasteiger partial charge in [0.05, 0.1) is 16.1 Å². The highest BCUT2D eigenvalue weighted by molar-refractivity contribution is 7.79. The van der Waals surface area contributed by atoms with E-state index in [9.17, 15) is 8.76 Å². The fourth-order valence-corrected chi connectivity index (χ4v) is 2.81. The number of nitrogens with zero attached hydrogens (tertiary/aromatic N) is 2. The molecule has 0 saturated heterocycles. The summed E-state index contributed by atoms with van der Waals surface area (Å²) in [7, 11) is 0. The number of fused-ring (bicyclic) bond motifs is 3. The second-order valence-electron chi connectivity index (χ2n) is 4.66. The Morgan fingerprint density at radius 2 is 2.14 bits per heavy atom. The van der Waals surface area contributed by atoms with Crippen LogP contribution in [0.2, 0.25) is 0 Å². The van der Waals surface area contributed by atoms with E-state index in [1.165, 1.54) is 0 Å². The molecule has 1 aromatic carbocycles. The van der Waals surface area contributed by atoms with Crippen LogP contribution in [0, 0.1) is 0 Å². The molecule has 4 aromatic rings. The smallest absolute Gasteiger partial charge is 0.186 e. The van der Waals surface area contributed by atoms with Gasteiger partial charge in [0.15, 0.2) is 16.7 Å². The van der Waals surface area contributed by atoms with Crippen molar-refractivity contribution in [3.8, 4) is 11.3 Å². The number of rotatable bonds is 2. The lowest BCUT2D eigenvalue weighted by Gasteiger charge is -1.98. The van der Waals surface area contributed by atoms with Gasteiger partial charge in [-0.15, -0.1) is 0 Å². The second-order valence-corrected chi connectivity index (χ2v) is 5.63. The van der Waals surface area contributed by atoms with Gasteiger partial charge < -0.3 is 9.65 Å².